The van der Waals surface area contributed by atoms with Gasteiger partial charge in [-0.05, 0) is 6.92 Å². The Morgan fingerprint density at radius 3 is 3.00 bits per heavy atom. The summed E-state index contributed by atoms with van der Waals surface area (Å²) in [6, 6.07) is 1.82. The van der Waals surface area contributed by atoms with Crippen molar-refractivity contribution in [1.29, 1.82) is 0 Å². The van der Waals surface area contributed by atoms with Crippen LogP contribution in [0.15, 0.2) is 6.07 Å². The molecule has 0 spiro atoms. The number of aromatic nitrogens is 4. The summed E-state index contributed by atoms with van der Waals surface area (Å²) in [4.78, 5) is 4.16. The van der Waals surface area contributed by atoms with Gasteiger partial charge in [0.25, 0.3) is 0 Å². The summed E-state index contributed by atoms with van der Waals surface area (Å²) in [6.45, 7) is 1.89. The second kappa shape index (κ2) is 2.44. The van der Waals surface area contributed by atoms with Gasteiger partial charge in [-0.3, -0.25) is 0 Å². The van der Waals surface area contributed by atoms with Crippen LogP contribution in [0.1, 0.15) is 5.69 Å². The average Bonchev–Trinajstić information content (AvgIpc) is 2.50. The smallest absolute Gasteiger partial charge is 0.205 e. The maximum Gasteiger partial charge on any atom is 0.205 e. The zero-order valence-corrected chi connectivity index (χ0v) is 6.83. The van der Waals surface area contributed by atoms with Gasteiger partial charge in [0.1, 0.15) is 0 Å². The van der Waals surface area contributed by atoms with Crippen LogP contribution in [-0.4, -0.2) is 27.5 Å². The molecule has 1 N–H and O–H groups in total. The highest BCUT2D eigenvalue weighted by Gasteiger charge is 2.06. The molecule has 0 bridgehead atoms. The van der Waals surface area contributed by atoms with E-state index in [0.717, 1.165) is 5.69 Å². The number of ether oxygens (including phenoxy) is 1. The van der Waals surface area contributed by atoms with Gasteiger partial charge in [0.15, 0.2) is 11.3 Å². The molecule has 5 heteroatoms. The Balaban J connectivity index is 2.80. The van der Waals surface area contributed by atoms with Gasteiger partial charge in [0.2, 0.25) is 5.65 Å². The monoisotopic (exact) mass is 164 g/mol. The van der Waals surface area contributed by atoms with E-state index < -0.39 is 0 Å². The fourth-order valence-electron chi connectivity index (χ4n) is 1.08. The molecule has 2 aromatic heterocycles. The fourth-order valence-corrected chi connectivity index (χ4v) is 1.08. The van der Waals surface area contributed by atoms with Gasteiger partial charge in [-0.15, -0.1) is 5.10 Å². The second-order valence-corrected chi connectivity index (χ2v) is 2.46. The number of fused-ring (bicyclic) bond motifs is 1. The number of nitrogens with zero attached hydrogens (tertiary/aromatic N) is 3. The largest absolute Gasteiger partial charge is 0.494 e. The zero-order valence-electron chi connectivity index (χ0n) is 6.83. The van der Waals surface area contributed by atoms with E-state index in [4.69, 9.17) is 4.74 Å². The number of methoxy groups -OCH3 is 1. The Morgan fingerprint density at radius 2 is 2.25 bits per heavy atom. The second-order valence-electron chi connectivity index (χ2n) is 2.46. The van der Waals surface area contributed by atoms with Crippen LogP contribution in [0.5, 0.6) is 5.75 Å². The molecule has 0 aromatic carbocycles. The Morgan fingerprint density at radius 1 is 1.42 bits per heavy atom. The summed E-state index contributed by atoms with van der Waals surface area (Å²) in [6.07, 6.45) is 0. The SMILES string of the molecule is COc1cc(C)nc2n[nH]nc12. The number of aromatic amines is 1. The molecule has 0 unspecified atom stereocenters. The molecule has 0 aliphatic carbocycles. The van der Waals surface area contributed by atoms with Crippen molar-refractivity contribution < 1.29 is 4.74 Å². The van der Waals surface area contributed by atoms with Crippen LogP contribution >= 0.6 is 0 Å². The molecule has 2 heterocycles. The average molecular weight is 164 g/mol. The molecule has 0 aliphatic rings. The quantitative estimate of drug-likeness (QED) is 0.672. The Kier molecular flexibility index (Phi) is 1.43. The summed E-state index contributed by atoms with van der Waals surface area (Å²) in [5.41, 5.74) is 2.13. The molecule has 0 atom stereocenters. The zero-order chi connectivity index (χ0) is 8.55. The summed E-state index contributed by atoms with van der Waals surface area (Å²) < 4.78 is 5.10. The minimum atomic E-state index is 0.590. The Bertz CT molecular complexity index is 409. The van der Waals surface area contributed by atoms with E-state index in [2.05, 4.69) is 20.4 Å². The highest BCUT2D eigenvalue weighted by molar-refractivity contribution is 5.76. The summed E-state index contributed by atoms with van der Waals surface area (Å²) in [5, 5.41) is 10.3. The molecule has 0 amide bonds. The summed E-state index contributed by atoms with van der Waals surface area (Å²) in [7, 11) is 1.60. The molecule has 0 fully saturated rings. The number of nitrogens with one attached hydrogen (secondary N) is 1. The van der Waals surface area contributed by atoms with Crippen LogP contribution in [0.25, 0.3) is 11.2 Å². The van der Waals surface area contributed by atoms with Crippen LogP contribution in [0.2, 0.25) is 0 Å². The van der Waals surface area contributed by atoms with Gasteiger partial charge in [-0.25, -0.2) is 4.98 Å². The number of hydrogen-bond acceptors (Lipinski definition) is 4. The van der Waals surface area contributed by atoms with Crippen LogP contribution in [0, 0.1) is 6.92 Å². The van der Waals surface area contributed by atoms with Crippen LogP contribution in [0.3, 0.4) is 0 Å². The highest BCUT2D eigenvalue weighted by atomic mass is 16.5. The van der Waals surface area contributed by atoms with Crippen molar-refractivity contribution in [2.24, 2.45) is 0 Å². The lowest BCUT2D eigenvalue weighted by molar-refractivity contribution is 0.418. The van der Waals surface area contributed by atoms with Crippen molar-refractivity contribution in [1.82, 2.24) is 20.4 Å². The molecule has 62 valence electrons. The van der Waals surface area contributed by atoms with Gasteiger partial charge in [0.05, 0.1) is 7.11 Å². The number of rotatable bonds is 1. The van der Waals surface area contributed by atoms with Gasteiger partial charge >= 0.3 is 0 Å². The standard InChI is InChI=1S/C7H8N4O/c1-4-3-5(12-2)6-7(8-4)10-11-9-6/h3H,1-2H3,(H,8,9,10,11). The molecular formula is C7H8N4O. The van der Waals surface area contributed by atoms with Crippen molar-refractivity contribution in [3.8, 4) is 5.75 Å². The van der Waals surface area contributed by atoms with E-state index >= 15 is 0 Å². The number of hydrogen-bond donors (Lipinski definition) is 1. The van der Waals surface area contributed by atoms with Crippen molar-refractivity contribution in [2.75, 3.05) is 7.11 Å². The third-order valence-corrected chi connectivity index (χ3v) is 1.61. The first kappa shape index (κ1) is 7.02. The minimum Gasteiger partial charge on any atom is -0.494 e. The molecule has 0 radical (unpaired) electrons. The first-order valence-corrected chi connectivity index (χ1v) is 3.53. The Hall–Kier alpha value is -1.65. The van der Waals surface area contributed by atoms with E-state index in [0.29, 0.717) is 16.9 Å². The lowest BCUT2D eigenvalue weighted by Gasteiger charge is -1.99. The van der Waals surface area contributed by atoms with Crippen LogP contribution in [-0.2, 0) is 0 Å². The topological polar surface area (TPSA) is 63.7 Å². The van der Waals surface area contributed by atoms with Crippen molar-refractivity contribution in [3.05, 3.63) is 11.8 Å². The number of H-pyrrole nitrogens is 1. The lowest BCUT2D eigenvalue weighted by atomic mass is 10.3. The molecule has 0 aliphatic heterocycles. The third kappa shape index (κ3) is 0.903. The van der Waals surface area contributed by atoms with E-state index in [9.17, 15) is 0 Å². The van der Waals surface area contributed by atoms with Crippen molar-refractivity contribution >= 4 is 11.2 Å². The molecule has 5 nitrogen and oxygen atoms in total. The third-order valence-electron chi connectivity index (χ3n) is 1.61. The van der Waals surface area contributed by atoms with Gasteiger partial charge in [-0.1, -0.05) is 0 Å². The van der Waals surface area contributed by atoms with Gasteiger partial charge in [0, 0.05) is 11.8 Å². The van der Waals surface area contributed by atoms with Crippen molar-refractivity contribution in [3.63, 3.8) is 0 Å². The van der Waals surface area contributed by atoms with E-state index in [1.807, 2.05) is 13.0 Å². The molecule has 2 aromatic rings. The predicted octanol–water partition coefficient (Wildman–Crippen LogP) is 0.670. The molecule has 2 rings (SSSR count). The molecular weight excluding hydrogens is 156 g/mol. The van der Waals surface area contributed by atoms with Gasteiger partial charge in [-0.2, -0.15) is 10.3 Å². The maximum atomic E-state index is 5.10. The summed E-state index contributed by atoms with van der Waals surface area (Å²) in [5.74, 6) is 0.700. The lowest BCUT2D eigenvalue weighted by Crippen LogP contribution is -1.89. The minimum absolute atomic E-state index is 0.590. The number of aryl methyl sites for hydroxylation is 1. The molecule has 0 saturated carbocycles. The predicted molar refractivity (Wildman–Crippen MR) is 43.0 cm³/mol. The van der Waals surface area contributed by atoms with E-state index in [-0.39, 0.29) is 0 Å². The van der Waals surface area contributed by atoms with Crippen LogP contribution < -0.4 is 4.74 Å². The van der Waals surface area contributed by atoms with Crippen molar-refractivity contribution in [2.45, 2.75) is 6.92 Å². The highest BCUT2D eigenvalue weighted by Crippen LogP contribution is 2.20. The molecule has 0 saturated heterocycles. The van der Waals surface area contributed by atoms with E-state index in [1.165, 1.54) is 0 Å². The number of pyridine rings is 1. The first-order chi connectivity index (χ1) is 5.81. The van der Waals surface area contributed by atoms with E-state index in [1.54, 1.807) is 7.11 Å². The fraction of sp³-hybridized carbons (Fsp3) is 0.286. The Labute approximate surface area is 68.8 Å². The molecule has 12 heavy (non-hydrogen) atoms. The first-order valence-electron chi connectivity index (χ1n) is 3.53. The maximum absolute atomic E-state index is 5.10. The summed E-state index contributed by atoms with van der Waals surface area (Å²) >= 11 is 0. The normalized spacial score (nSPS) is 10.5. The van der Waals surface area contributed by atoms with Gasteiger partial charge < -0.3 is 4.74 Å². The van der Waals surface area contributed by atoms with Crippen LogP contribution in [0.4, 0.5) is 0 Å².